The highest BCUT2D eigenvalue weighted by Crippen LogP contribution is 2.29. The van der Waals surface area contributed by atoms with E-state index in [-0.39, 0.29) is 24.0 Å². The minimum absolute atomic E-state index is 0.167. The van der Waals surface area contributed by atoms with Crippen LogP contribution in [0.2, 0.25) is 0 Å². The lowest BCUT2D eigenvalue weighted by molar-refractivity contribution is 0.0663. The van der Waals surface area contributed by atoms with Crippen molar-refractivity contribution in [3.05, 3.63) is 77.7 Å². The minimum Gasteiger partial charge on any atom is -0.490 e. The molecule has 4 rings (SSSR count). The quantitative estimate of drug-likeness (QED) is 0.295. The summed E-state index contributed by atoms with van der Waals surface area (Å²) in [5.41, 5.74) is 2.77. The van der Waals surface area contributed by atoms with Gasteiger partial charge in [0.1, 0.15) is 11.5 Å². The lowest BCUT2D eigenvalue weighted by atomic mass is 10.0. The van der Waals surface area contributed by atoms with Crippen molar-refractivity contribution < 1.29 is 29.0 Å². The molecule has 8 heteroatoms. The van der Waals surface area contributed by atoms with Crippen molar-refractivity contribution in [2.45, 2.75) is 32.4 Å². The number of carboxylic acid groups (broad SMARTS) is 1. The largest absolute Gasteiger partial charge is 0.490 e. The van der Waals surface area contributed by atoms with E-state index in [0.717, 1.165) is 16.5 Å². The molecule has 176 valence electrons. The van der Waals surface area contributed by atoms with Crippen LogP contribution in [-0.4, -0.2) is 45.8 Å². The van der Waals surface area contributed by atoms with Crippen molar-refractivity contribution in [3.63, 3.8) is 0 Å². The number of aliphatic hydroxyl groups is 1. The Morgan fingerprint density at radius 3 is 2.62 bits per heavy atom. The number of fused-ring (bicyclic) bond motifs is 1. The maximum Gasteiger partial charge on any atom is 0.371 e. The molecule has 4 aromatic rings. The number of benzene rings is 2. The molecule has 2 aromatic carbocycles. The van der Waals surface area contributed by atoms with E-state index in [2.05, 4.69) is 10.3 Å². The van der Waals surface area contributed by atoms with Crippen molar-refractivity contribution >= 4 is 22.8 Å². The number of hydrogen-bond acceptors (Lipinski definition) is 5. The molecule has 0 saturated heterocycles. The SMILES string of the molecule is CC(C)Oc1ccc(-c2ccc(C(=O)O)o2)cc1C(=O)N[C@@H](CO)Cc1c[nH]c2ccccc12. The van der Waals surface area contributed by atoms with Crippen molar-refractivity contribution in [3.8, 4) is 17.1 Å². The standard InChI is InChI=1S/C26H26N2O6/c1-15(2)33-23-8-7-16(22-9-10-24(34-22)26(31)32)12-20(23)25(30)28-18(14-29)11-17-13-27-21-6-4-3-5-19(17)21/h3-10,12-13,15,18,27,29H,11,14H2,1-2H3,(H,28,30)(H,31,32)/t18-/m1/s1. The van der Waals surface area contributed by atoms with Crippen LogP contribution in [-0.2, 0) is 6.42 Å². The first-order valence-corrected chi connectivity index (χ1v) is 11.0. The molecule has 0 spiro atoms. The molecule has 4 N–H and O–H groups in total. The van der Waals surface area contributed by atoms with Crippen LogP contribution in [0.15, 0.2) is 65.2 Å². The monoisotopic (exact) mass is 462 g/mol. The molecule has 0 aliphatic rings. The average Bonchev–Trinajstić information content (AvgIpc) is 3.46. The third-order valence-corrected chi connectivity index (χ3v) is 5.38. The van der Waals surface area contributed by atoms with E-state index in [1.165, 1.54) is 12.1 Å². The Kier molecular flexibility index (Phi) is 6.70. The molecular formula is C26H26N2O6. The summed E-state index contributed by atoms with van der Waals surface area (Å²) < 4.78 is 11.2. The molecule has 0 aliphatic carbocycles. The normalized spacial score (nSPS) is 12.1. The zero-order chi connectivity index (χ0) is 24.2. The minimum atomic E-state index is -1.17. The Morgan fingerprint density at radius 1 is 1.12 bits per heavy atom. The summed E-state index contributed by atoms with van der Waals surface area (Å²) in [5, 5.41) is 23.0. The molecule has 0 unspecified atom stereocenters. The van der Waals surface area contributed by atoms with E-state index in [9.17, 15) is 14.7 Å². The third kappa shape index (κ3) is 4.97. The average molecular weight is 463 g/mol. The van der Waals surface area contributed by atoms with E-state index in [0.29, 0.717) is 23.5 Å². The predicted molar refractivity (Wildman–Crippen MR) is 127 cm³/mol. The number of aromatic carboxylic acids is 1. The van der Waals surface area contributed by atoms with Crippen molar-refractivity contribution in [1.29, 1.82) is 0 Å². The Labute approximate surface area is 196 Å². The van der Waals surface area contributed by atoms with E-state index in [4.69, 9.17) is 14.3 Å². The number of hydrogen-bond donors (Lipinski definition) is 4. The van der Waals surface area contributed by atoms with Crippen LogP contribution in [0.5, 0.6) is 5.75 Å². The maximum absolute atomic E-state index is 13.3. The van der Waals surface area contributed by atoms with Gasteiger partial charge in [0.2, 0.25) is 5.76 Å². The number of furan rings is 1. The molecule has 2 aromatic heterocycles. The topological polar surface area (TPSA) is 125 Å². The number of para-hydroxylation sites is 1. The van der Waals surface area contributed by atoms with Crippen molar-refractivity contribution in [1.82, 2.24) is 10.3 Å². The van der Waals surface area contributed by atoms with Crippen molar-refractivity contribution in [2.24, 2.45) is 0 Å². The van der Waals surface area contributed by atoms with E-state index in [1.807, 2.05) is 44.3 Å². The number of aromatic amines is 1. The molecule has 2 heterocycles. The highest BCUT2D eigenvalue weighted by atomic mass is 16.5. The molecule has 0 aliphatic heterocycles. The number of carboxylic acids is 1. The van der Waals surface area contributed by atoms with Gasteiger partial charge in [0.15, 0.2) is 0 Å². The van der Waals surface area contributed by atoms with Gasteiger partial charge in [-0.25, -0.2) is 4.79 Å². The number of aliphatic hydroxyl groups excluding tert-OH is 1. The Morgan fingerprint density at radius 2 is 1.91 bits per heavy atom. The number of carbonyl (C=O) groups excluding carboxylic acids is 1. The van der Waals surface area contributed by atoms with Crippen LogP contribution in [0.3, 0.4) is 0 Å². The fourth-order valence-corrected chi connectivity index (χ4v) is 3.82. The van der Waals surface area contributed by atoms with Crippen LogP contribution in [0.4, 0.5) is 0 Å². The first-order valence-electron chi connectivity index (χ1n) is 11.0. The van der Waals surface area contributed by atoms with Gasteiger partial charge in [-0.05, 0) is 62.2 Å². The van der Waals surface area contributed by atoms with Crippen LogP contribution in [0.25, 0.3) is 22.2 Å². The van der Waals surface area contributed by atoms with Gasteiger partial charge >= 0.3 is 5.97 Å². The predicted octanol–water partition coefficient (Wildman–Crippen LogP) is 4.25. The maximum atomic E-state index is 13.3. The number of nitrogens with one attached hydrogen (secondary N) is 2. The van der Waals surface area contributed by atoms with Gasteiger partial charge in [0, 0.05) is 22.7 Å². The van der Waals surface area contributed by atoms with Crippen molar-refractivity contribution in [2.75, 3.05) is 6.61 Å². The lowest BCUT2D eigenvalue weighted by Crippen LogP contribution is -2.39. The summed E-state index contributed by atoms with van der Waals surface area (Å²) in [6.45, 7) is 3.47. The summed E-state index contributed by atoms with van der Waals surface area (Å²) in [6.07, 6.45) is 2.15. The van der Waals surface area contributed by atoms with Gasteiger partial charge in [0.05, 0.1) is 24.3 Å². The molecule has 8 nitrogen and oxygen atoms in total. The second kappa shape index (κ2) is 9.84. The Hall–Kier alpha value is -4.04. The van der Waals surface area contributed by atoms with Crippen LogP contribution < -0.4 is 10.1 Å². The molecule has 1 atom stereocenters. The fourth-order valence-electron chi connectivity index (χ4n) is 3.82. The first kappa shape index (κ1) is 23.1. The summed E-state index contributed by atoms with van der Waals surface area (Å²) in [6, 6.07) is 15.2. The van der Waals surface area contributed by atoms with Crippen LogP contribution in [0.1, 0.15) is 40.3 Å². The summed E-state index contributed by atoms with van der Waals surface area (Å²) in [5.74, 6) is -1.08. The summed E-state index contributed by atoms with van der Waals surface area (Å²) >= 11 is 0. The number of rotatable bonds is 9. The molecule has 0 bridgehead atoms. The second-order valence-electron chi connectivity index (χ2n) is 8.26. The lowest BCUT2D eigenvalue weighted by Gasteiger charge is -2.19. The summed E-state index contributed by atoms with van der Waals surface area (Å²) in [4.78, 5) is 27.6. The number of ether oxygens (including phenoxy) is 1. The zero-order valence-corrected chi connectivity index (χ0v) is 18.9. The van der Waals surface area contributed by atoms with Gasteiger partial charge in [0.25, 0.3) is 5.91 Å². The second-order valence-corrected chi connectivity index (χ2v) is 8.26. The molecule has 34 heavy (non-hydrogen) atoms. The van der Waals surface area contributed by atoms with Gasteiger partial charge in [-0.15, -0.1) is 0 Å². The molecular weight excluding hydrogens is 436 g/mol. The van der Waals surface area contributed by atoms with Gasteiger partial charge in [-0.3, -0.25) is 4.79 Å². The van der Waals surface area contributed by atoms with Crippen LogP contribution >= 0.6 is 0 Å². The smallest absolute Gasteiger partial charge is 0.371 e. The Bertz CT molecular complexity index is 1320. The Balaban J connectivity index is 1.60. The summed E-state index contributed by atoms with van der Waals surface area (Å²) in [7, 11) is 0. The third-order valence-electron chi connectivity index (χ3n) is 5.38. The highest BCUT2D eigenvalue weighted by molar-refractivity contribution is 5.98. The zero-order valence-electron chi connectivity index (χ0n) is 18.9. The highest BCUT2D eigenvalue weighted by Gasteiger charge is 2.21. The van der Waals surface area contributed by atoms with E-state index < -0.39 is 17.9 Å². The number of carbonyl (C=O) groups is 2. The van der Waals surface area contributed by atoms with E-state index in [1.54, 1.807) is 18.2 Å². The molecule has 1 amide bonds. The molecule has 0 saturated carbocycles. The fraction of sp³-hybridized carbons (Fsp3) is 0.231. The van der Waals surface area contributed by atoms with Gasteiger partial charge in [-0.2, -0.15) is 0 Å². The molecule has 0 fully saturated rings. The van der Waals surface area contributed by atoms with Gasteiger partial charge < -0.3 is 29.7 Å². The molecule has 0 radical (unpaired) electrons. The number of aromatic nitrogens is 1. The number of H-pyrrole nitrogens is 1. The van der Waals surface area contributed by atoms with E-state index >= 15 is 0 Å². The first-order chi connectivity index (χ1) is 16.4. The van der Waals surface area contributed by atoms with Gasteiger partial charge in [-0.1, -0.05) is 18.2 Å². The van der Waals surface area contributed by atoms with Crippen LogP contribution in [0, 0.1) is 0 Å². The number of amides is 1.